The van der Waals surface area contributed by atoms with Crippen molar-refractivity contribution in [3.05, 3.63) is 5.82 Å². The van der Waals surface area contributed by atoms with Crippen molar-refractivity contribution < 1.29 is 8.78 Å². The maximum absolute atomic E-state index is 13.1. The van der Waals surface area contributed by atoms with Crippen molar-refractivity contribution in [1.29, 1.82) is 0 Å². The van der Waals surface area contributed by atoms with Gasteiger partial charge in [-0.25, -0.2) is 0 Å². The number of halogens is 2. The maximum Gasteiger partial charge on any atom is 0.312 e. The Balaban J connectivity index is 2.97. The minimum absolute atomic E-state index is 0.514. The van der Waals surface area contributed by atoms with Crippen molar-refractivity contribution in [1.82, 2.24) is 20.2 Å². The van der Waals surface area contributed by atoms with Crippen molar-refractivity contribution in [2.45, 2.75) is 19.8 Å². The van der Waals surface area contributed by atoms with E-state index in [0.29, 0.717) is 0 Å². The molecule has 1 aromatic heterocycles. The van der Waals surface area contributed by atoms with Crippen LogP contribution in [0.1, 0.15) is 19.7 Å². The van der Waals surface area contributed by atoms with Crippen molar-refractivity contribution in [3.63, 3.8) is 0 Å². The number of rotatable bonds is 2. The lowest BCUT2D eigenvalue weighted by molar-refractivity contribution is -0.0599. The molecule has 1 rings (SSSR count). The van der Waals surface area contributed by atoms with Crippen LogP contribution >= 0.6 is 0 Å². The third-order valence-electron chi connectivity index (χ3n) is 1.53. The van der Waals surface area contributed by atoms with Crippen LogP contribution in [0.4, 0.5) is 8.78 Å². The summed E-state index contributed by atoms with van der Waals surface area (Å²) in [6.07, 6.45) is 0. The molecular formula is C6H10F2N4. The number of aryl methyl sites for hydroxylation is 1. The van der Waals surface area contributed by atoms with Gasteiger partial charge in [0.1, 0.15) is 0 Å². The normalized spacial score (nSPS) is 12.5. The van der Waals surface area contributed by atoms with Crippen LogP contribution < -0.4 is 0 Å². The van der Waals surface area contributed by atoms with Gasteiger partial charge in [0.05, 0.1) is 7.05 Å². The Hall–Kier alpha value is -1.07. The van der Waals surface area contributed by atoms with Crippen molar-refractivity contribution in [3.8, 4) is 0 Å². The van der Waals surface area contributed by atoms with Gasteiger partial charge in [-0.3, -0.25) is 0 Å². The summed E-state index contributed by atoms with van der Waals surface area (Å²) < 4.78 is 26.2. The van der Waals surface area contributed by atoms with Crippen LogP contribution in [0.25, 0.3) is 0 Å². The van der Waals surface area contributed by atoms with Gasteiger partial charge in [-0.2, -0.15) is 13.6 Å². The fraction of sp³-hybridized carbons (Fsp3) is 0.833. The van der Waals surface area contributed by atoms with E-state index in [-0.39, 0.29) is 0 Å². The Bertz CT molecular complexity index is 268. The molecule has 6 heteroatoms. The molecule has 0 aliphatic carbocycles. The third-order valence-corrected chi connectivity index (χ3v) is 1.53. The Morgan fingerprint density at radius 3 is 2.33 bits per heavy atom. The monoisotopic (exact) mass is 176 g/mol. The zero-order valence-electron chi connectivity index (χ0n) is 7.12. The van der Waals surface area contributed by atoms with E-state index in [1.165, 1.54) is 20.9 Å². The summed E-state index contributed by atoms with van der Waals surface area (Å²) in [5.41, 5.74) is 0. The second-order valence-electron chi connectivity index (χ2n) is 2.88. The van der Waals surface area contributed by atoms with Crippen molar-refractivity contribution in [2.75, 3.05) is 0 Å². The summed E-state index contributed by atoms with van der Waals surface area (Å²) in [6.45, 7) is 2.83. The van der Waals surface area contributed by atoms with Crippen molar-refractivity contribution >= 4 is 0 Å². The molecule has 12 heavy (non-hydrogen) atoms. The van der Waals surface area contributed by atoms with E-state index in [4.69, 9.17) is 0 Å². The number of tetrazole rings is 1. The molecular weight excluding hydrogens is 166 g/mol. The van der Waals surface area contributed by atoms with E-state index in [9.17, 15) is 8.78 Å². The Morgan fingerprint density at radius 2 is 2.00 bits per heavy atom. The van der Waals surface area contributed by atoms with Gasteiger partial charge in [-0.15, -0.1) is 10.2 Å². The highest BCUT2D eigenvalue weighted by Gasteiger charge is 2.40. The molecule has 4 nitrogen and oxygen atoms in total. The minimum atomic E-state index is -2.99. The summed E-state index contributed by atoms with van der Waals surface area (Å²) >= 11 is 0. The number of hydrogen-bond acceptors (Lipinski definition) is 3. The smallest absolute Gasteiger partial charge is 0.197 e. The van der Waals surface area contributed by atoms with E-state index in [0.717, 1.165) is 4.80 Å². The van der Waals surface area contributed by atoms with E-state index in [2.05, 4.69) is 15.4 Å². The molecule has 1 heterocycles. The molecule has 0 aromatic carbocycles. The van der Waals surface area contributed by atoms with Crippen LogP contribution in [0.5, 0.6) is 0 Å². The molecule has 1 aromatic rings. The quantitative estimate of drug-likeness (QED) is 0.674. The summed E-state index contributed by atoms with van der Waals surface area (Å²) in [6, 6.07) is 0. The number of nitrogens with zero attached hydrogens (tertiary/aromatic N) is 4. The second kappa shape index (κ2) is 2.76. The molecule has 0 N–H and O–H groups in total. The lowest BCUT2D eigenvalue weighted by atomic mass is 10.1. The van der Waals surface area contributed by atoms with E-state index >= 15 is 0 Å². The first kappa shape index (κ1) is 9.02. The number of aromatic nitrogens is 4. The van der Waals surface area contributed by atoms with Crippen LogP contribution in [0.2, 0.25) is 0 Å². The molecule has 68 valence electrons. The SMILES string of the molecule is CC(C)C(F)(F)c1nnn(C)n1. The van der Waals surface area contributed by atoms with Gasteiger partial charge in [-0.1, -0.05) is 13.8 Å². The minimum Gasteiger partial charge on any atom is -0.197 e. The standard InChI is InChI=1S/C6H10F2N4/c1-4(2)6(7,8)5-9-11-12(3)10-5/h4H,1-3H3. The molecule has 0 saturated heterocycles. The first-order valence-corrected chi connectivity index (χ1v) is 3.57. The molecule has 0 radical (unpaired) electrons. The van der Waals surface area contributed by atoms with Gasteiger partial charge in [0, 0.05) is 5.92 Å². The zero-order chi connectivity index (χ0) is 9.35. The zero-order valence-corrected chi connectivity index (χ0v) is 7.12. The first-order valence-electron chi connectivity index (χ1n) is 3.57. The predicted molar refractivity (Wildman–Crippen MR) is 37.5 cm³/mol. The summed E-state index contributed by atoms with van der Waals surface area (Å²) in [4.78, 5) is 1.02. The van der Waals surface area contributed by atoms with Crippen LogP contribution in [0, 0.1) is 5.92 Å². The Morgan fingerprint density at radius 1 is 1.42 bits per heavy atom. The largest absolute Gasteiger partial charge is 0.312 e. The van der Waals surface area contributed by atoms with Gasteiger partial charge in [0.15, 0.2) is 0 Å². The molecule has 0 bridgehead atoms. The molecule has 0 saturated carbocycles. The molecule has 0 amide bonds. The van der Waals surface area contributed by atoms with E-state index in [1.807, 2.05) is 0 Å². The van der Waals surface area contributed by atoms with Crippen LogP contribution in [0.15, 0.2) is 0 Å². The van der Waals surface area contributed by atoms with Crippen molar-refractivity contribution in [2.24, 2.45) is 13.0 Å². The van der Waals surface area contributed by atoms with Crippen LogP contribution in [-0.2, 0) is 13.0 Å². The van der Waals surface area contributed by atoms with Gasteiger partial charge in [0.25, 0.3) is 0 Å². The Labute approximate surface area is 68.6 Å². The molecule has 0 aliphatic heterocycles. The average molecular weight is 176 g/mol. The number of hydrogen-bond donors (Lipinski definition) is 0. The lowest BCUT2D eigenvalue weighted by Gasteiger charge is -2.15. The average Bonchev–Trinajstić information content (AvgIpc) is 2.35. The van der Waals surface area contributed by atoms with Gasteiger partial charge in [0.2, 0.25) is 5.82 Å². The second-order valence-corrected chi connectivity index (χ2v) is 2.88. The highest BCUT2D eigenvalue weighted by Crippen LogP contribution is 2.32. The molecule has 0 fully saturated rings. The molecule has 0 atom stereocenters. The number of alkyl halides is 2. The van der Waals surface area contributed by atoms with Crippen LogP contribution in [-0.4, -0.2) is 20.2 Å². The fourth-order valence-electron chi connectivity index (χ4n) is 0.676. The van der Waals surface area contributed by atoms with Gasteiger partial charge < -0.3 is 0 Å². The highest BCUT2D eigenvalue weighted by molar-refractivity contribution is 4.92. The Kier molecular flexibility index (Phi) is 2.08. The summed E-state index contributed by atoms with van der Waals surface area (Å²) in [5, 5.41) is 10.0. The van der Waals surface area contributed by atoms with E-state index < -0.39 is 17.7 Å². The van der Waals surface area contributed by atoms with Gasteiger partial charge >= 0.3 is 5.92 Å². The topological polar surface area (TPSA) is 43.6 Å². The van der Waals surface area contributed by atoms with Crippen LogP contribution in [0.3, 0.4) is 0 Å². The third kappa shape index (κ3) is 1.41. The summed E-state index contributed by atoms with van der Waals surface area (Å²) in [5.74, 6) is -4.32. The summed E-state index contributed by atoms with van der Waals surface area (Å²) in [7, 11) is 1.45. The van der Waals surface area contributed by atoms with Gasteiger partial charge in [-0.05, 0) is 5.21 Å². The lowest BCUT2D eigenvalue weighted by Crippen LogP contribution is -2.22. The predicted octanol–water partition coefficient (Wildman–Crippen LogP) is 0.958. The molecule has 0 aliphatic rings. The molecule has 0 unspecified atom stereocenters. The van der Waals surface area contributed by atoms with E-state index in [1.54, 1.807) is 0 Å². The molecule has 0 spiro atoms. The highest BCUT2D eigenvalue weighted by atomic mass is 19.3. The first-order chi connectivity index (χ1) is 5.44. The maximum atomic E-state index is 13.1. The fourth-order valence-corrected chi connectivity index (χ4v) is 0.676.